The minimum Gasteiger partial charge on any atom is -0.478 e. The van der Waals surface area contributed by atoms with E-state index in [0.717, 1.165) is 25.3 Å². The first-order valence-corrected chi connectivity index (χ1v) is 4.53. The molecule has 0 bridgehead atoms. The third-order valence-corrected chi connectivity index (χ3v) is 2.09. The molecule has 7 heteroatoms. The molecule has 0 saturated heterocycles. The van der Waals surface area contributed by atoms with Crippen LogP contribution in [0.25, 0.3) is 0 Å². The van der Waals surface area contributed by atoms with E-state index < -0.39 is 16.9 Å². The van der Waals surface area contributed by atoms with Crippen molar-refractivity contribution in [3.63, 3.8) is 0 Å². The Morgan fingerprint density at radius 2 is 2.12 bits per heavy atom. The van der Waals surface area contributed by atoms with E-state index in [4.69, 9.17) is 5.11 Å². The van der Waals surface area contributed by atoms with E-state index in [1.165, 1.54) is 0 Å². The smallest absolute Gasteiger partial charge is 0.335 e. The molecule has 0 atom stereocenters. The quantitative estimate of drug-likeness (QED) is 0.477. The molecule has 1 N–H and O–H groups in total. The highest BCUT2D eigenvalue weighted by Crippen LogP contribution is 2.18. The molecular formula is C10H9NO6. The van der Waals surface area contributed by atoms with Gasteiger partial charge >= 0.3 is 11.9 Å². The standard InChI is InChI=1S/C10H9NO6/c1-17-9(12)5-6-4-7(11(15)16)2-3-8(6)10(13)14/h2-4H,5H2,1H3,(H,13,14). The topological polar surface area (TPSA) is 107 Å². The number of carbonyl (C=O) groups excluding carboxylic acids is 1. The number of hydrogen-bond donors (Lipinski definition) is 1. The first kappa shape index (κ1) is 12.6. The van der Waals surface area contributed by atoms with Gasteiger partial charge in [0.15, 0.2) is 0 Å². The Hall–Kier alpha value is -2.44. The molecule has 90 valence electrons. The normalized spacial score (nSPS) is 9.71. The number of nitrogens with zero attached hydrogens (tertiary/aromatic N) is 1. The highest BCUT2D eigenvalue weighted by Gasteiger charge is 2.17. The van der Waals surface area contributed by atoms with Crippen LogP contribution in [0.1, 0.15) is 15.9 Å². The number of carbonyl (C=O) groups is 2. The zero-order valence-corrected chi connectivity index (χ0v) is 8.87. The van der Waals surface area contributed by atoms with Crippen molar-refractivity contribution in [2.75, 3.05) is 7.11 Å². The molecular weight excluding hydrogens is 230 g/mol. The first-order chi connectivity index (χ1) is 7.95. The fourth-order valence-electron chi connectivity index (χ4n) is 1.28. The third-order valence-electron chi connectivity index (χ3n) is 2.09. The van der Waals surface area contributed by atoms with Gasteiger partial charge < -0.3 is 9.84 Å². The molecule has 0 aliphatic heterocycles. The number of hydrogen-bond acceptors (Lipinski definition) is 5. The molecule has 0 saturated carbocycles. The molecule has 1 rings (SSSR count). The van der Waals surface area contributed by atoms with Gasteiger partial charge in [-0.1, -0.05) is 0 Å². The maximum absolute atomic E-state index is 11.1. The first-order valence-electron chi connectivity index (χ1n) is 4.53. The second-order valence-electron chi connectivity index (χ2n) is 3.16. The molecule has 0 amide bonds. The van der Waals surface area contributed by atoms with Gasteiger partial charge in [0, 0.05) is 12.1 Å². The minimum atomic E-state index is -1.25. The van der Waals surface area contributed by atoms with Crippen LogP contribution >= 0.6 is 0 Å². The zero-order chi connectivity index (χ0) is 13.0. The Morgan fingerprint density at radius 3 is 2.59 bits per heavy atom. The lowest BCUT2D eigenvalue weighted by Gasteiger charge is -2.04. The molecule has 1 aromatic rings. The van der Waals surface area contributed by atoms with E-state index in [1.807, 2.05) is 0 Å². The van der Waals surface area contributed by atoms with E-state index in [2.05, 4.69) is 4.74 Å². The van der Waals surface area contributed by atoms with E-state index in [1.54, 1.807) is 0 Å². The van der Waals surface area contributed by atoms with Gasteiger partial charge in [0.25, 0.3) is 5.69 Å². The molecule has 0 fully saturated rings. The van der Waals surface area contributed by atoms with Gasteiger partial charge in [-0.05, 0) is 11.6 Å². The van der Waals surface area contributed by atoms with Crippen LogP contribution in [-0.2, 0) is 16.0 Å². The van der Waals surface area contributed by atoms with Gasteiger partial charge in [0.1, 0.15) is 0 Å². The minimum absolute atomic E-state index is 0.0542. The van der Waals surface area contributed by atoms with Gasteiger partial charge in [-0.25, -0.2) is 4.79 Å². The monoisotopic (exact) mass is 239 g/mol. The average Bonchev–Trinajstić information content (AvgIpc) is 2.28. The molecule has 1 aromatic carbocycles. The van der Waals surface area contributed by atoms with E-state index in [9.17, 15) is 19.7 Å². The van der Waals surface area contributed by atoms with Crippen molar-refractivity contribution in [3.8, 4) is 0 Å². The Morgan fingerprint density at radius 1 is 1.47 bits per heavy atom. The summed E-state index contributed by atoms with van der Waals surface area (Å²) >= 11 is 0. The number of carboxylic acids is 1. The number of rotatable bonds is 4. The number of non-ortho nitro benzene ring substituents is 1. The van der Waals surface area contributed by atoms with Crippen LogP contribution in [0, 0.1) is 10.1 Å². The lowest BCUT2D eigenvalue weighted by atomic mass is 10.0. The SMILES string of the molecule is COC(=O)Cc1cc([N+](=O)[O-])ccc1C(=O)O. The maximum atomic E-state index is 11.1. The molecule has 0 radical (unpaired) electrons. The van der Waals surface area contributed by atoms with Gasteiger partial charge in [0.05, 0.1) is 24.0 Å². The summed E-state index contributed by atoms with van der Waals surface area (Å²) in [4.78, 5) is 31.8. The highest BCUT2D eigenvalue weighted by molar-refractivity contribution is 5.91. The van der Waals surface area contributed by atoms with Gasteiger partial charge in [-0.2, -0.15) is 0 Å². The van der Waals surface area contributed by atoms with Crippen LogP contribution in [-0.4, -0.2) is 29.1 Å². The number of benzene rings is 1. The predicted molar refractivity (Wildman–Crippen MR) is 55.8 cm³/mol. The molecule has 0 spiro atoms. The number of esters is 1. The van der Waals surface area contributed by atoms with E-state index >= 15 is 0 Å². The summed E-state index contributed by atoms with van der Waals surface area (Å²) in [5, 5.41) is 19.4. The van der Waals surface area contributed by atoms with Crippen LogP contribution in [0.15, 0.2) is 18.2 Å². The van der Waals surface area contributed by atoms with Crippen LogP contribution in [0.2, 0.25) is 0 Å². The van der Waals surface area contributed by atoms with Crippen LogP contribution < -0.4 is 0 Å². The molecule has 0 aliphatic rings. The van der Waals surface area contributed by atoms with E-state index in [0.29, 0.717) is 0 Å². The molecule has 0 heterocycles. The van der Waals surface area contributed by atoms with Gasteiger partial charge in [0.2, 0.25) is 0 Å². The van der Waals surface area contributed by atoms with Crippen molar-refractivity contribution in [1.82, 2.24) is 0 Å². The number of carboxylic acid groups (broad SMARTS) is 1. The van der Waals surface area contributed by atoms with E-state index in [-0.39, 0.29) is 23.2 Å². The average molecular weight is 239 g/mol. The summed E-state index contributed by atoms with van der Waals surface area (Å²) in [5.74, 6) is -1.91. The molecule has 0 aromatic heterocycles. The fraction of sp³-hybridized carbons (Fsp3) is 0.200. The number of nitro groups is 1. The number of nitro benzene ring substituents is 1. The highest BCUT2D eigenvalue weighted by atomic mass is 16.6. The number of ether oxygens (including phenoxy) is 1. The summed E-state index contributed by atoms with van der Waals surface area (Å²) < 4.78 is 4.39. The second-order valence-corrected chi connectivity index (χ2v) is 3.16. The summed E-state index contributed by atoms with van der Waals surface area (Å²) in [6.45, 7) is 0. The summed E-state index contributed by atoms with van der Waals surface area (Å²) in [6.07, 6.45) is -0.320. The lowest BCUT2D eigenvalue weighted by Crippen LogP contribution is -2.10. The largest absolute Gasteiger partial charge is 0.478 e. The van der Waals surface area contributed by atoms with Crippen molar-refractivity contribution in [2.45, 2.75) is 6.42 Å². The van der Waals surface area contributed by atoms with Crippen molar-refractivity contribution in [1.29, 1.82) is 0 Å². The van der Waals surface area contributed by atoms with Crippen molar-refractivity contribution in [2.24, 2.45) is 0 Å². The summed E-state index contributed by atoms with van der Waals surface area (Å²) in [5.41, 5.74) is -0.367. The number of methoxy groups -OCH3 is 1. The summed E-state index contributed by atoms with van der Waals surface area (Å²) in [6, 6.07) is 3.23. The molecule has 0 aliphatic carbocycles. The Balaban J connectivity index is 3.20. The van der Waals surface area contributed by atoms with Crippen LogP contribution in [0.5, 0.6) is 0 Å². The van der Waals surface area contributed by atoms with Crippen molar-refractivity contribution < 1.29 is 24.4 Å². The number of aromatic carboxylic acids is 1. The molecule has 7 nitrogen and oxygen atoms in total. The maximum Gasteiger partial charge on any atom is 0.335 e. The van der Waals surface area contributed by atoms with Gasteiger partial charge in [-0.15, -0.1) is 0 Å². The lowest BCUT2D eigenvalue weighted by molar-refractivity contribution is -0.384. The Kier molecular flexibility index (Phi) is 3.76. The van der Waals surface area contributed by atoms with Crippen LogP contribution in [0.3, 0.4) is 0 Å². The summed E-state index contributed by atoms with van der Waals surface area (Å²) in [7, 11) is 1.15. The van der Waals surface area contributed by atoms with Gasteiger partial charge in [-0.3, -0.25) is 14.9 Å². The fourth-order valence-corrected chi connectivity index (χ4v) is 1.28. The van der Waals surface area contributed by atoms with Crippen molar-refractivity contribution >= 4 is 17.6 Å². The Labute approximate surface area is 95.8 Å². The Bertz CT molecular complexity index is 482. The molecule has 17 heavy (non-hydrogen) atoms. The van der Waals surface area contributed by atoms with Crippen molar-refractivity contribution in [3.05, 3.63) is 39.4 Å². The third kappa shape index (κ3) is 3.00. The predicted octanol–water partition coefficient (Wildman–Crippen LogP) is 1.01. The zero-order valence-electron chi connectivity index (χ0n) is 8.87. The van der Waals surface area contributed by atoms with Crippen LogP contribution in [0.4, 0.5) is 5.69 Å². The second kappa shape index (κ2) is 5.06. The molecule has 0 unspecified atom stereocenters.